The molecule has 0 aliphatic rings. The Kier molecular flexibility index (Phi) is 5.65. The van der Waals surface area contributed by atoms with Crippen LogP contribution < -0.4 is 5.32 Å². The van der Waals surface area contributed by atoms with Crippen LogP contribution >= 0.6 is 61.5 Å². The summed E-state index contributed by atoms with van der Waals surface area (Å²) in [7, 11) is 0. The molecule has 102 valence electrons. The van der Waals surface area contributed by atoms with Crippen molar-refractivity contribution in [1.29, 1.82) is 0 Å². The first-order valence-corrected chi connectivity index (χ1v) is 8.78. The number of nitrogens with one attached hydrogen (secondary N) is 1. The van der Waals surface area contributed by atoms with E-state index in [2.05, 4.69) is 49.9 Å². The van der Waals surface area contributed by atoms with Crippen LogP contribution in [0.1, 0.15) is 24.1 Å². The summed E-state index contributed by atoms with van der Waals surface area (Å²) in [6, 6.07) is 5.44. The van der Waals surface area contributed by atoms with Gasteiger partial charge in [-0.25, -0.2) is 4.39 Å². The van der Waals surface area contributed by atoms with E-state index in [9.17, 15) is 4.39 Å². The van der Waals surface area contributed by atoms with Gasteiger partial charge in [-0.15, -0.1) is 11.3 Å². The van der Waals surface area contributed by atoms with Crippen molar-refractivity contribution >= 4 is 61.5 Å². The van der Waals surface area contributed by atoms with Crippen LogP contribution in [0.4, 0.5) is 4.39 Å². The van der Waals surface area contributed by atoms with Crippen LogP contribution in [0, 0.1) is 8.70 Å². The van der Waals surface area contributed by atoms with Gasteiger partial charge in [-0.3, -0.25) is 0 Å². The maximum atomic E-state index is 14.3. The van der Waals surface area contributed by atoms with Crippen molar-refractivity contribution < 1.29 is 4.39 Å². The maximum absolute atomic E-state index is 14.3. The third-order valence-corrected chi connectivity index (χ3v) is 5.77. The molecule has 1 nitrogen and oxygen atoms in total. The quantitative estimate of drug-likeness (QED) is 0.449. The minimum Gasteiger partial charge on any atom is -0.306 e. The van der Waals surface area contributed by atoms with Gasteiger partial charge in [0.2, 0.25) is 0 Å². The Hall–Kier alpha value is 0.310. The number of halogens is 4. The van der Waals surface area contributed by atoms with Crippen molar-refractivity contribution in [1.82, 2.24) is 5.32 Å². The lowest BCUT2D eigenvalue weighted by molar-refractivity contribution is 0.559. The summed E-state index contributed by atoms with van der Waals surface area (Å²) in [5.74, 6) is -0.372. The van der Waals surface area contributed by atoms with Gasteiger partial charge in [-0.1, -0.05) is 24.6 Å². The molecule has 0 fully saturated rings. The molecule has 2 aromatic rings. The van der Waals surface area contributed by atoms with Crippen molar-refractivity contribution in [2.45, 2.75) is 13.0 Å². The molecule has 1 aromatic heterocycles. The fourth-order valence-corrected chi connectivity index (χ4v) is 3.73. The van der Waals surface area contributed by atoms with Crippen LogP contribution in [0.15, 0.2) is 28.1 Å². The molecule has 0 saturated heterocycles. The van der Waals surface area contributed by atoms with E-state index in [0.717, 1.165) is 12.1 Å². The fraction of sp³-hybridized carbons (Fsp3) is 0.231. The molecule has 2 rings (SSSR count). The molecule has 1 unspecified atom stereocenters. The van der Waals surface area contributed by atoms with Crippen molar-refractivity contribution in [2.75, 3.05) is 6.54 Å². The van der Waals surface area contributed by atoms with Crippen molar-refractivity contribution in [3.05, 3.63) is 52.9 Å². The minimum atomic E-state index is -0.372. The number of thiophene rings is 1. The van der Waals surface area contributed by atoms with Gasteiger partial charge in [0.15, 0.2) is 0 Å². The zero-order valence-electron chi connectivity index (χ0n) is 10.0. The second kappa shape index (κ2) is 6.85. The van der Waals surface area contributed by atoms with E-state index >= 15 is 0 Å². The summed E-state index contributed by atoms with van der Waals surface area (Å²) in [6.45, 7) is 2.76. The van der Waals surface area contributed by atoms with Gasteiger partial charge in [-0.2, -0.15) is 0 Å². The molecular weight excluding hydrogens is 463 g/mol. The van der Waals surface area contributed by atoms with E-state index in [1.165, 1.54) is 2.88 Å². The maximum Gasteiger partial charge on any atom is 0.148 e. The van der Waals surface area contributed by atoms with Gasteiger partial charge in [-0.05, 0) is 68.1 Å². The molecule has 0 radical (unpaired) electrons. The lowest BCUT2D eigenvalue weighted by atomic mass is 10.0. The molecule has 1 aromatic carbocycles. The molecule has 0 saturated carbocycles. The van der Waals surface area contributed by atoms with Crippen molar-refractivity contribution in [3.8, 4) is 0 Å². The van der Waals surface area contributed by atoms with Crippen LogP contribution in [-0.4, -0.2) is 6.54 Å². The van der Waals surface area contributed by atoms with Crippen LogP contribution in [0.2, 0.25) is 5.02 Å². The van der Waals surface area contributed by atoms with Crippen LogP contribution in [-0.2, 0) is 0 Å². The van der Waals surface area contributed by atoms with Gasteiger partial charge < -0.3 is 5.32 Å². The molecule has 0 bridgehead atoms. The first-order chi connectivity index (χ1) is 9.04. The highest BCUT2D eigenvalue weighted by atomic mass is 127. The summed E-state index contributed by atoms with van der Waals surface area (Å²) in [6.07, 6.45) is 0. The SMILES string of the molecule is CCNC(c1csc(I)c1)c1ccc(Br)c(Cl)c1F. The van der Waals surface area contributed by atoms with Gasteiger partial charge in [0.05, 0.1) is 13.9 Å². The predicted octanol–water partition coefficient (Wildman–Crippen LogP) is 5.61. The Morgan fingerprint density at radius 1 is 1.53 bits per heavy atom. The number of hydrogen-bond acceptors (Lipinski definition) is 2. The lowest BCUT2D eigenvalue weighted by Crippen LogP contribution is -2.22. The lowest BCUT2D eigenvalue weighted by Gasteiger charge is -2.19. The smallest absolute Gasteiger partial charge is 0.148 e. The summed E-state index contributed by atoms with van der Waals surface area (Å²) < 4.78 is 16.1. The van der Waals surface area contributed by atoms with Crippen LogP contribution in [0.25, 0.3) is 0 Å². The molecule has 1 N–H and O–H groups in total. The molecule has 0 aliphatic heterocycles. The van der Waals surface area contributed by atoms with E-state index in [1.54, 1.807) is 23.5 Å². The third kappa shape index (κ3) is 3.50. The summed E-state index contributed by atoms with van der Waals surface area (Å²) in [5.41, 5.74) is 1.64. The monoisotopic (exact) mass is 473 g/mol. The van der Waals surface area contributed by atoms with Crippen molar-refractivity contribution in [2.24, 2.45) is 0 Å². The zero-order valence-corrected chi connectivity index (χ0v) is 15.3. The third-order valence-electron chi connectivity index (χ3n) is 2.71. The van der Waals surface area contributed by atoms with Crippen LogP contribution in [0.5, 0.6) is 0 Å². The normalized spacial score (nSPS) is 12.7. The number of hydrogen-bond donors (Lipinski definition) is 1. The molecular formula is C13H11BrClFINS. The molecule has 0 spiro atoms. The average molecular weight is 475 g/mol. The van der Waals surface area contributed by atoms with E-state index in [4.69, 9.17) is 11.6 Å². The Balaban J connectivity index is 2.48. The van der Waals surface area contributed by atoms with Gasteiger partial charge in [0, 0.05) is 10.0 Å². The van der Waals surface area contributed by atoms with Gasteiger partial charge in [0.1, 0.15) is 5.82 Å². The fourth-order valence-electron chi connectivity index (χ4n) is 1.85. The highest BCUT2D eigenvalue weighted by molar-refractivity contribution is 14.1. The second-order valence-electron chi connectivity index (χ2n) is 3.94. The van der Waals surface area contributed by atoms with E-state index < -0.39 is 0 Å². The van der Waals surface area contributed by atoms with E-state index in [0.29, 0.717) is 10.0 Å². The Labute approximate surface area is 142 Å². The Bertz CT molecular complexity index is 590. The summed E-state index contributed by atoms with van der Waals surface area (Å²) >= 11 is 13.1. The first kappa shape index (κ1) is 15.7. The Morgan fingerprint density at radius 3 is 2.84 bits per heavy atom. The van der Waals surface area contributed by atoms with Crippen LogP contribution in [0.3, 0.4) is 0 Å². The zero-order chi connectivity index (χ0) is 14.0. The largest absolute Gasteiger partial charge is 0.306 e. The molecule has 6 heteroatoms. The van der Waals surface area contributed by atoms with Gasteiger partial charge in [0.25, 0.3) is 0 Å². The highest BCUT2D eigenvalue weighted by Gasteiger charge is 2.21. The van der Waals surface area contributed by atoms with Gasteiger partial charge >= 0.3 is 0 Å². The summed E-state index contributed by atoms with van der Waals surface area (Å²) in [4.78, 5) is 0. The summed E-state index contributed by atoms with van der Waals surface area (Å²) in [5, 5.41) is 5.48. The minimum absolute atomic E-state index is 0.130. The molecule has 0 amide bonds. The Morgan fingerprint density at radius 2 is 2.26 bits per heavy atom. The van der Waals surface area contributed by atoms with Crippen molar-refractivity contribution in [3.63, 3.8) is 0 Å². The topological polar surface area (TPSA) is 12.0 Å². The second-order valence-corrected chi connectivity index (χ2v) is 7.98. The standard InChI is InChI=1S/C13H11BrClFINS/c1-2-18-13(7-5-10(17)19-6-7)8-3-4-9(14)11(15)12(8)16/h3-6,13,18H,2H2,1H3. The molecule has 0 aliphatic carbocycles. The number of rotatable bonds is 4. The first-order valence-electron chi connectivity index (χ1n) is 5.65. The molecule has 1 heterocycles. The number of benzene rings is 1. The molecule has 1 atom stereocenters. The predicted molar refractivity (Wildman–Crippen MR) is 91.7 cm³/mol. The molecule has 19 heavy (non-hydrogen) atoms. The van der Waals surface area contributed by atoms with E-state index in [-0.39, 0.29) is 16.9 Å². The highest BCUT2D eigenvalue weighted by Crippen LogP contribution is 2.34. The average Bonchev–Trinajstić information content (AvgIpc) is 2.81. The van der Waals surface area contributed by atoms with E-state index in [1.807, 2.05) is 12.3 Å².